The van der Waals surface area contributed by atoms with Crippen LogP contribution in [0.1, 0.15) is 6.92 Å². The number of para-hydroxylation sites is 1. The molecule has 1 saturated heterocycles. The van der Waals surface area contributed by atoms with Crippen LogP contribution < -0.4 is 9.64 Å². The highest BCUT2D eigenvalue weighted by Gasteiger charge is 2.27. The van der Waals surface area contributed by atoms with E-state index < -0.39 is 6.10 Å². The topological polar surface area (TPSA) is 50.6 Å². The molecule has 1 aliphatic rings. The van der Waals surface area contributed by atoms with E-state index in [1.165, 1.54) is 0 Å². The second-order valence-corrected chi connectivity index (χ2v) is 5.72. The average molecular weight is 314 g/mol. The molecule has 0 radical (unpaired) electrons. The highest BCUT2D eigenvalue weighted by atomic mass is 16.5. The highest BCUT2D eigenvalue weighted by molar-refractivity contribution is 5.81. The predicted molar refractivity (Wildman–Crippen MR) is 88.5 cm³/mol. The monoisotopic (exact) mass is 314 g/mol. The number of rotatable bonds is 4. The Morgan fingerprint density at radius 2 is 1.87 bits per heavy atom. The highest BCUT2D eigenvalue weighted by Crippen LogP contribution is 2.15. The molecular formula is C17H22N4O2. The van der Waals surface area contributed by atoms with Crippen molar-refractivity contribution in [1.29, 1.82) is 0 Å². The number of nitrogens with zero attached hydrogens (tertiary/aromatic N) is 4. The van der Waals surface area contributed by atoms with Crippen molar-refractivity contribution >= 4 is 11.9 Å². The van der Waals surface area contributed by atoms with E-state index >= 15 is 0 Å². The maximum atomic E-state index is 12.5. The van der Waals surface area contributed by atoms with Gasteiger partial charge in [0, 0.05) is 45.6 Å². The van der Waals surface area contributed by atoms with Crippen molar-refractivity contribution in [3.63, 3.8) is 0 Å². The van der Waals surface area contributed by atoms with E-state index in [0.29, 0.717) is 13.1 Å². The minimum atomic E-state index is -0.475. The fourth-order valence-electron chi connectivity index (χ4n) is 2.80. The van der Waals surface area contributed by atoms with E-state index in [9.17, 15) is 4.79 Å². The lowest BCUT2D eigenvalue weighted by molar-refractivity contribution is -0.138. The molecule has 122 valence electrons. The van der Waals surface area contributed by atoms with Gasteiger partial charge in [-0.25, -0.2) is 4.98 Å². The summed E-state index contributed by atoms with van der Waals surface area (Å²) in [7, 11) is 1.98. The molecule has 1 aliphatic heterocycles. The van der Waals surface area contributed by atoms with E-state index in [0.717, 1.165) is 24.8 Å². The second-order valence-electron chi connectivity index (χ2n) is 5.72. The van der Waals surface area contributed by atoms with Gasteiger partial charge < -0.3 is 19.1 Å². The van der Waals surface area contributed by atoms with Crippen molar-refractivity contribution in [2.75, 3.05) is 31.1 Å². The van der Waals surface area contributed by atoms with Gasteiger partial charge in [0.1, 0.15) is 5.75 Å². The summed E-state index contributed by atoms with van der Waals surface area (Å²) in [5.74, 6) is 1.71. The number of hydrogen-bond donors (Lipinski definition) is 0. The first-order valence-corrected chi connectivity index (χ1v) is 7.88. The number of aryl methyl sites for hydroxylation is 1. The fourth-order valence-corrected chi connectivity index (χ4v) is 2.80. The first-order chi connectivity index (χ1) is 11.1. The normalized spacial score (nSPS) is 16.3. The Hall–Kier alpha value is -2.50. The van der Waals surface area contributed by atoms with Crippen LogP contribution in [-0.2, 0) is 11.8 Å². The molecule has 1 atom stereocenters. The van der Waals surface area contributed by atoms with E-state index in [2.05, 4.69) is 9.88 Å². The zero-order valence-corrected chi connectivity index (χ0v) is 13.6. The van der Waals surface area contributed by atoms with Crippen LogP contribution >= 0.6 is 0 Å². The van der Waals surface area contributed by atoms with E-state index in [1.807, 2.05) is 53.0 Å². The molecule has 2 heterocycles. The van der Waals surface area contributed by atoms with Crippen LogP contribution in [0, 0.1) is 0 Å². The number of imidazole rings is 1. The van der Waals surface area contributed by atoms with Crippen LogP contribution in [0.25, 0.3) is 0 Å². The van der Waals surface area contributed by atoms with Gasteiger partial charge in [0.05, 0.1) is 0 Å². The molecule has 1 amide bonds. The Morgan fingerprint density at radius 3 is 2.48 bits per heavy atom. The number of amides is 1. The van der Waals surface area contributed by atoms with Crippen LogP contribution in [0.3, 0.4) is 0 Å². The van der Waals surface area contributed by atoms with Gasteiger partial charge in [-0.05, 0) is 19.1 Å². The van der Waals surface area contributed by atoms with Crippen LogP contribution in [0.15, 0.2) is 42.7 Å². The quantitative estimate of drug-likeness (QED) is 0.859. The Kier molecular flexibility index (Phi) is 4.50. The van der Waals surface area contributed by atoms with E-state index in [4.69, 9.17) is 4.74 Å². The number of hydrogen-bond acceptors (Lipinski definition) is 4. The molecule has 6 nitrogen and oxygen atoms in total. The minimum Gasteiger partial charge on any atom is -0.481 e. The standard InChI is InChI=1S/C17H22N4O2/c1-14(23-15-6-4-3-5-7-15)16(22)20-10-12-21(13-11-20)17-18-8-9-19(17)2/h3-9,14H,10-13H2,1-2H3/t14-/m0/s1. The third-order valence-corrected chi connectivity index (χ3v) is 4.07. The second kappa shape index (κ2) is 6.73. The largest absolute Gasteiger partial charge is 0.481 e. The maximum Gasteiger partial charge on any atom is 0.263 e. The molecule has 2 aromatic rings. The number of anilines is 1. The lowest BCUT2D eigenvalue weighted by atomic mass is 10.2. The van der Waals surface area contributed by atoms with Gasteiger partial charge in [0.25, 0.3) is 5.91 Å². The van der Waals surface area contributed by atoms with E-state index in [-0.39, 0.29) is 5.91 Å². The molecule has 0 N–H and O–H groups in total. The van der Waals surface area contributed by atoms with Gasteiger partial charge in [-0.3, -0.25) is 4.79 Å². The van der Waals surface area contributed by atoms with Crippen molar-refractivity contribution in [1.82, 2.24) is 14.5 Å². The maximum absolute atomic E-state index is 12.5. The van der Waals surface area contributed by atoms with Gasteiger partial charge in [-0.1, -0.05) is 18.2 Å². The smallest absolute Gasteiger partial charge is 0.263 e. The molecule has 0 spiro atoms. The molecule has 0 bridgehead atoms. The number of piperazine rings is 1. The van der Waals surface area contributed by atoms with Crippen molar-refractivity contribution in [2.24, 2.45) is 7.05 Å². The summed E-state index contributed by atoms with van der Waals surface area (Å²) >= 11 is 0. The summed E-state index contributed by atoms with van der Waals surface area (Å²) < 4.78 is 7.72. The molecule has 0 unspecified atom stereocenters. The lowest BCUT2D eigenvalue weighted by Crippen LogP contribution is -2.52. The van der Waals surface area contributed by atoms with Gasteiger partial charge in [0.2, 0.25) is 5.95 Å². The molecular weight excluding hydrogens is 292 g/mol. The van der Waals surface area contributed by atoms with Crippen molar-refractivity contribution in [2.45, 2.75) is 13.0 Å². The first kappa shape index (κ1) is 15.4. The Balaban J connectivity index is 1.55. The summed E-state index contributed by atoms with van der Waals surface area (Å²) in [6, 6.07) is 9.46. The third-order valence-electron chi connectivity index (χ3n) is 4.07. The SMILES string of the molecule is C[C@H](Oc1ccccc1)C(=O)N1CCN(c2nccn2C)CC1. The summed E-state index contributed by atoms with van der Waals surface area (Å²) in [6.45, 7) is 4.76. The summed E-state index contributed by atoms with van der Waals surface area (Å²) in [4.78, 5) is 21.0. The number of ether oxygens (including phenoxy) is 1. The lowest BCUT2D eigenvalue weighted by Gasteiger charge is -2.36. The predicted octanol–water partition coefficient (Wildman–Crippen LogP) is 1.54. The van der Waals surface area contributed by atoms with Crippen LogP contribution in [-0.4, -0.2) is 52.6 Å². The van der Waals surface area contributed by atoms with E-state index in [1.54, 1.807) is 13.1 Å². The average Bonchev–Trinajstić information content (AvgIpc) is 3.01. The Morgan fingerprint density at radius 1 is 1.17 bits per heavy atom. The minimum absolute atomic E-state index is 0.0355. The van der Waals surface area contributed by atoms with Crippen LogP contribution in [0.2, 0.25) is 0 Å². The molecule has 23 heavy (non-hydrogen) atoms. The summed E-state index contributed by atoms with van der Waals surface area (Å²) in [6.07, 6.45) is 3.25. The van der Waals surface area contributed by atoms with Crippen molar-refractivity contribution < 1.29 is 9.53 Å². The zero-order valence-electron chi connectivity index (χ0n) is 13.6. The number of aromatic nitrogens is 2. The van der Waals surface area contributed by atoms with Crippen molar-refractivity contribution in [3.8, 4) is 5.75 Å². The van der Waals surface area contributed by atoms with Crippen molar-refractivity contribution in [3.05, 3.63) is 42.7 Å². The Bertz CT molecular complexity index is 648. The molecule has 1 aromatic carbocycles. The molecule has 1 aromatic heterocycles. The molecule has 0 saturated carbocycles. The number of benzene rings is 1. The van der Waals surface area contributed by atoms with Gasteiger partial charge in [0.15, 0.2) is 6.10 Å². The molecule has 6 heteroatoms. The van der Waals surface area contributed by atoms with Gasteiger partial charge >= 0.3 is 0 Å². The third kappa shape index (κ3) is 3.47. The van der Waals surface area contributed by atoms with Crippen LogP contribution in [0.4, 0.5) is 5.95 Å². The summed E-state index contributed by atoms with van der Waals surface area (Å²) in [5, 5.41) is 0. The van der Waals surface area contributed by atoms with Gasteiger partial charge in [-0.15, -0.1) is 0 Å². The van der Waals surface area contributed by atoms with Gasteiger partial charge in [-0.2, -0.15) is 0 Å². The molecule has 3 rings (SSSR count). The Labute approximate surface area is 136 Å². The fraction of sp³-hybridized carbons (Fsp3) is 0.412. The molecule has 1 fully saturated rings. The zero-order chi connectivity index (χ0) is 16.2. The number of carbonyl (C=O) groups excluding carboxylic acids is 1. The van der Waals surface area contributed by atoms with Crippen LogP contribution in [0.5, 0.6) is 5.75 Å². The first-order valence-electron chi connectivity index (χ1n) is 7.88. The summed E-state index contributed by atoms with van der Waals surface area (Å²) in [5.41, 5.74) is 0. The molecule has 0 aliphatic carbocycles. The number of carbonyl (C=O) groups is 1.